The van der Waals surface area contributed by atoms with Gasteiger partial charge in [-0.3, -0.25) is 0 Å². The Morgan fingerprint density at radius 3 is 2.89 bits per heavy atom. The van der Waals surface area contributed by atoms with E-state index in [-0.39, 0.29) is 0 Å². The van der Waals surface area contributed by atoms with Gasteiger partial charge < -0.3 is 10.1 Å². The molecule has 1 aliphatic heterocycles. The van der Waals surface area contributed by atoms with Crippen molar-refractivity contribution in [3.8, 4) is 6.07 Å². The zero-order valence-electron chi connectivity index (χ0n) is 11.1. The average Bonchev–Trinajstić information content (AvgIpc) is 3.26. The van der Waals surface area contributed by atoms with Gasteiger partial charge in [0, 0.05) is 24.6 Å². The highest BCUT2D eigenvalue weighted by Crippen LogP contribution is 2.26. The quantitative estimate of drug-likeness (QED) is 0.898. The van der Waals surface area contributed by atoms with Crippen LogP contribution < -0.4 is 5.32 Å². The summed E-state index contributed by atoms with van der Waals surface area (Å²) in [7, 11) is 0. The fourth-order valence-corrected chi connectivity index (χ4v) is 2.86. The fraction of sp³-hybridized carbons (Fsp3) is 0.562. The third-order valence-electron chi connectivity index (χ3n) is 4.12. The summed E-state index contributed by atoms with van der Waals surface area (Å²) in [6.45, 7) is 1.67. The van der Waals surface area contributed by atoms with Gasteiger partial charge in [0.15, 0.2) is 0 Å². The molecular weight excluding hydrogens is 236 g/mol. The minimum Gasteiger partial charge on any atom is -0.381 e. The van der Waals surface area contributed by atoms with Crippen LogP contribution in [-0.2, 0) is 11.2 Å². The molecule has 0 amide bonds. The fourth-order valence-electron chi connectivity index (χ4n) is 2.86. The van der Waals surface area contributed by atoms with Crippen molar-refractivity contribution in [3.63, 3.8) is 0 Å². The van der Waals surface area contributed by atoms with Gasteiger partial charge in [-0.2, -0.15) is 5.26 Å². The number of nitriles is 1. The molecule has 1 N–H and O–H groups in total. The van der Waals surface area contributed by atoms with Crippen molar-refractivity contribution >= 4 is 0 Å². The van der Waals surface area contributed by atoms with Crippen LogP contribution in [-0.4, -0.2) is 25.3 Å². The second kappa shape index (κ2) is 5.73. The van der Waals surface area contributed by atoms with Crippen LogP contribution in [0.4, 0.5) is 0 Å². The van der Waals surface area contributed by atoms with E-state index in [1.807, 2.05) is 18.2 Å². The molecule has 0 aromatic heterocycles. The first-order valence-electron chi connectivity index (χ1n) is 7.18. The van der Waals surface area contributed by atoms with Crippen LogP contribution in [0.2, 0.25) is 0 Å². The van der Waals surface area contributed by atoms with Crippen molar-refractivity contribution < 1.29 is 4.74 Å². The van der Waals surface area contributed by atoms with Gasteiger partial charge in [-0.25, -0.2) is 0 Å². The summed E-state index contributed by atoms with van der Waals surface area (Å²) in [5.74, 6) is 0.490. The van der Waals surface area contributed by atoms with E-state index < -0.39 is 0 Å². The highest BCUT2D eigenvalue weighted by molar-refractivity contribution is 5.37. The lowest BCUT2D eigenvalue weighted by atomic mass is 9.88. The molecule has 0 radical (unpaired) electrons. The van der Waals surface area contributed by atoms with Crippen LogP contribution in [0.5, 0.6) is 0 Å². The molecule has 0 bridgehead atoms. The molecule has 3 nitrogen and oxygen atoms in total. The van der Waals surface area contributed by atoms with Gasteiger partial charge in [-0.1, -0.05) is 18.2 Å². The molecule has 3 rings (SSSR count). The molecule has 1 saturated heterocycles. The molecule has 0 spiro atoms. The molecule has 1 aromatic carbocycles. The Morgan fingerprint density at radius 1 is 1.26 bits per heavy atom. The summed E-state index contributed by atoms with van der Waals surface area (Å²) >= 11 is 0. The molecule has 0 unspecified atom stereocenters. The van der Waals surface area contributed by atoms with E-state index >= 15 is 0 Å². The number of ether oxygens (including phenoxy) is 1. The Labute approximate surface area is 114 Å². The van der Waals surface area contributed by atoms with Crippen molar-refractivity contribution in [2.24, 2.45) is 5.92 Å². The number of nitrogens with zero attached hydrogens (tertiary/aromatic N) is 1. The van der Waals surface area contributed by atoms with E-state index in [9.17, 15) is 5.26 Å². The second-order valence-electron chi connectivity index (χ2n) is 5.64. The lowest BCUT2D eigenvalue weighted by Gasteiger charge is -2.32. The maximum Gasteiger partial charge on any atom is 0.0994 e. The largest absolute Gasteiger partial charge is 0.381 e. The zero-order valence-corrected chi connectivity index (χ0v) is 11.1. The van der Waals surface area contributed by atoms with Gasteiger partial charge in [0.2, 0.25) is 0 Å². The molecule has 1 aliphatic carbocycles. The molecule has 1 saturated carbocycles. The van der Waals surface area contributed by atoms with Gasteiger partial charge in [-0.05, 0) is 37.3 Å². The summed E-state index contributed by atoms with van der Waals surface area (Å²) in [6, 6.07) is 11.5. The van der Waals surface area contributed by atoms with E-state index in [4.69, 9.17) is 4.74 Å². The van der Waals surface area contributed by atoms with E-state index in [0.29, 0.717) is 12.0 Å². The SMILES string of the molecule is N#Cc1ccccc1C[C@H]1COCC[C@H]1NC1CC1. The van der Waals surface area contributed by atoms with E-state index in [1.54, 1.807) is 0 Å². The summed E-state index contributed by atoms with van der Waals surface area (Å²) in [5, 5.41) is 12.9. The van der Waals surface area contributed by atoms with Crippen molar-refractivity contribution in [1.29, 1.82) is 5.26 Å². The third-order valence-corrected chi connectivity index (χ3v) is 4.12. The molecule has 1 heterocycles. The summed E-state index contributed by atoms with van der Waals surface area (Å²) in [5.41, 5.74) is 1.96. The van der Waals surface area contributed by atoms with Crippen LogP contribution in [0.1, 0.15) is 30.4 Å². The molecule has 1 aromatic rings. The minimum atomic E-state index is 0.490. The lowest BCUT2D eigenvalue weighted by Crippen LogP contribution is -2.44. The Morgan fingerprint density at radius 2 is 2.11 bits per heavy atom. The molecule has 2 aliphatic rings. The predicted molar refractivity (Wildman–Crippen MR) is 73.7 cm³/mol. The van der Waals surface area contributed by atoms with Gasteiger partial charge in [-0.15, -0.1) is 0 Å². The molecular formula is C16H20N2O. The smallest absolute Gasteiger partial charge is 0.0994 e. The monoisotopic (exact) mass is 256 g/mol. The van der Waals surface area contributed by atoms with Crippen molar-refractivity contribution in [2.45, 2.75) is 37.8 Å². The van der Waals surface area contributed by atoms with Crippen LogP contribution >= 0.6 is 0 Å². The highest BCUT2D eigenvalue weighted by Gasteiger charge is 2.31. The lowest BCUT2D eigenvalue weighted by molar-refractivity contribution is 0.0316. The highest BCUT2D eigenvalue weighted by atomic mass is 16.5. The summed E-state index contributed by atoms with van der Waals surface area (Å²) in [4.78, 5) is 0. The van der Waals surface area contributed by atoms with Gasteiger partial charge >= 0.3 is 0 Å². The van der Waals surface area contributed by atoms with Gasteiger partial charge in [0.25, 0.3) is 0 Å². The van der Waals surface area contributed by atoms with Crippen molar-refractivity contribution in [1.82, 2.24) is 5.32 Å². The first-order valence-corrected chi connectivity index (χ1v) is 7.18. The summed E-state index contributed by atoms with van der Waals surface area (Å²) < 4.78 is 5.64. The van der Waals surface area contributed by atoms with Crippen LogP contribution in [0.15, 0.2) is 24.3 Å². The Hall–Kier alpha value is -1.37. The van der Waals surface area contributed by atoms with Gasteiger partial charge in [0.1, 0.15) is 0 Å². The topological polar surface area (TPSA) is 45.0 Å². The molecule has 2 atom stereocenters. The molecule has 100 valence electrons. The Balaban J connectivity index is 1.70. The Kier molecular flexibility index (Phi) is 3.82. The predicted octanol–water partition coefficient (Wildman–Crippen LogP) is 2.26. The van der Waals surface area contributed by atoms with E-state index in [1.165, 1.54) is 12.8 Å². The van der Waals surface area contributed by atoms with Crippen molar-refractivity contribution in [3.05, 3.63) is 35.4 Å². The standard InChI is InChI=1S/C16H20N2O/c17-10-13-4-2-1-3-12(13)9-14-11-19-8-7-16(14)18-15-5-6-15/h1-4,14-16,18H,5-9,11H2/t14-,16+/m0/s1. The van der Waals surface area contributed by atoms with Crippen molar-refractivity contribution in [2.75, 3.05) is 13.2 Å². The number of benzene rings is 1. The maximum absolute atomic E-state index is 9.17. The maximum atomic E-state index is 9.17. The van der Waals surface area contributed by atoms with Crippen LogP contribution in [0.3, 0.4) is 0 Å². The van der Waals surface area contributed by atoms with E-state index in [2.05, 4.69) is 17.5 Å². The second-order valence-corrected chi connectivity index (χ2v) is 5.64. The minimum absolute atomic E-state index is 0.490. The summed E-state index contributed by atoms with van der Waals surface area (Å²) in [6.07, 6.45) is 4.67. The third kappa shape index (κ3) is 3.15. The number of nitrogens with one attached hydrogen (secondary N) is 1. The zero-order chi connectivity index (χ0) is 13.1. The van der Waals surface area contributed by atoms with Gasteiger partial charge in [0.05, 0.1) is 18.2 Å². The molecule has 19 heavy (non-hydrogen) atoms. The average molecular weight is 256 g/mol. The Bertz CT molecular complexity index is 476. The number of hydrogen-bond donors (Lipinski definition) is 1. The molecule has 2 fully saturated rings. The molecule has 3 heteroatoms. The normalized spacial score (nSPS) is 26.9. The van der Waals surface area contributed by atoms with Crippen LogP contribution in [0, 0.1) is 17.2 Å². The first-order chi connectivity index (χ1) is 9.36. The number of rotatable bonds is 4. The number of hydrogen-bond acceptors (Lipinski definition) is 3. The van der Waals surface area contributed by atoms with E-state index in [0.717, 1.165) is 43.2 Å². The first kappa shape index (κ1) is 12.7. The van der Waals surface area contributed by atoms with Crippen LogP contribution in [0.25, 0.3) is 0 Å².